The molecule has 0 radical (unpaired) electrons. The number of benzene rings is 1. The highest BCUT2D eigenvalue weighted by Gasteiger charge is 2.19. The molecule has 2 aromatic heterocycles. The third-order valence-electron chi connectivity index (χ3n) is 5.57. The number of hydrogen-bond acceptors (Lipinski definition) is 3. The minimum atomic E-state index is -0.116. The van der Waals surface area contributed by atoms with Crippen molar-refractivity contribution in [2.75, 3.05) is 19.6 Å². The molecule has 4 rings (SSSR count). The Hall–Kier alpha value is -2.08. The van der Waals surface area contributed by atoms with Gasteiger partial charge in [-0.05, 0) is 62.7 Å². The van der Waals surface area contributed by atoms with Gasteiger partial charge >= 0.3 is 0 Å². The Morgan fingerprint density at radius 2 is 1.97 bits per heavy atom. The Labute approximate surface area is 187 Å². The Balaban J connectivity index is 1.49. The summed E-state index contributed by atoms with van der Waals surface area (Å²) in [6.07, 6.45) is 3.98. The number of alkyl halides is 1. The monoisotopic (exact) mass is 444 g/mol. The van der Waals surface area contributed by atoms with E-state index in [0.717, 1.165) is 43.0 Å². The summed E-state index contributed by atoms with van der Waals surface area (Å²) in [5.41, 5.74) is 3.49. The molecular weight excluding hydrogens is 419 g/mol. The highest BCUT2D eigenvalue weighted by atomic mass is 35.5. The Kier molecular flexibility index (Phi) is 6.61. The van der Waals surface area contributed by atoms with E-state index < -0.39 is 0 Å². The van der Waals surface area contributed by atoms with Crippen LogP contribution in [0.25, 0.3) is 5.65 Å². The van der Waals surface area contributed by atoms with Gasteiger partial charge in [0.25, 0.3) is 5.91 Å². The summed E-state index contributed by atoms with van der Waals surface area (Å²) in [5, 5.41) is 3.79. The van der Waals surface area contributed by atoms with Crippen LogP contribution < -0.4 is 5.32 Å². The van der Waals surface area contributed by atoms with Crippen LogP contribution in [0, 0.1) is 0 Å². The Bertz CT molecular complexity index is 1010. The molecule has 0 spiro atoms. The van der Waals surface area contributed by atoms with Crippen molar-refractivity contribution in [3.05, 3.63) is 70.6 Å². The van der Waals surface area contributed by atoms with Gasteiger partial charge in [0, 0.05) is 35.6 Å². The lowest BCUT2D eigenvalue weighted by atomic mass is 9.94. The van der Waals surface area contributed by atoms with Crippen LogP contribution in [0.2, 0.25) is 5.02 Å². The fourth-order valence-electron chi connectivity index (χ4n) is 3.86. The molecule has 158 valence electrons. The predicted molar refractivity (Wildman–Crippen MR) is 122 cm³/mol. The summed E-state index contributed by atoms with van der Waals surface area (Å²) in [5.74, 6) is -0.00243. The van der Waals surface area contributed by atoms with Crippen molar-refractivity contribution in [2.45, 2.75) is 37.6 Å². The van der Waals surface area contributed by atoms with E-state index in [4.69, 9.17) is 23.2 Å². The molecule has 1 saturated heterocycles. The SMILES string of the molecule is CC(Cl)CC(CNC(=O)c1cccc2nc(CN3CCC3)cn12)c1ccc(Cl)cc1. The van der Waals surface area contributed by atoms with Gasteiger partial charge < -0.3 is 5.32 Å². The van der Waals surface area contributed by atoms with E-state index in [1.165, 1.54) is 6.42 Å². The first-order valence-electron chi connectivity index (χ1n) is 10.4. The van der Waals surface area contributed by atoms with Crippen LogP contribution in [0.5, 0.6) is 0 Å². The second-order valence-electron chi connectivity index (χ2n) is 7.98. The fraction of sp³-hybridized carbons (Fsp3) is 0.391. The summed E-state index contributed by atoms with van der Waals surface area (Å²) in [4.78, 5) is 20.0. The topological polar surface area (TPSA) is 49.6 Å². The molecule has 7 heteroatoms. The van der Waals surface area contributed by atoms with Gasteiger partial charge in [-0.25, -0.2) is 4.98 Å². The summed E-state index contributed by atoms with van der Waals surface area (Å²) in [7, 11) is 0. The van der Waals surface area contributed by atoms with E-state index in [9.17, 15) is 4.79 Å². The number of halogens is 2. The molecule has 2 unspecified atom stereocenters. The van der Waals surface area contributed by atoms with E-state index in [2.05, 4.69) is 15.2 Å². The minimum Gasteiger partial charge on any atom is -0.350 e. The maximum absolute atomic E-state index is 13.0. The first-order chi connectivity index (χ1) is 14.5. The molecule has 3 heterocycles. The van der Waals surface area contributed by atoms with Crippen LogP contribution in [0.1, 0.15) is 47.4 Å². The zero-order valence-corrected chi connectivity index (χ0v) is 18.5. The number of aromatic nitrogens is 2. The second kappa shape index (κ2) is 9.38. The molecule has 3 aromatic rings. The molecule has 1 fully saturated rings. The number of imidazole rings is 1. The summed E-state index contributed by atoms with van der Waals surface area (Å²) in [6, 6.07) is 13.4. The number of hydrogen-bond donors (Lipinski definition) is 1. The molecule has 1 aliphatic heterocycles. The Morgan fingerprint density at radius 1 is 1.20 bits per heavy atom. The standard InChI is InChI=1S/C23H26Cl2N4O/c1-16(24)12-18(17-6-8-19(25)9-7-17)13-26-23(30)21-4-2-5-22-27-20(15-29(21)22)14-28-10-3-11-28/h2,4-9,15-16,18H,3,10-14H2,1H3,(H,26,30). The number of nitrogens with one attached hydrogen (secondary N) is 1. The molecule has 1 N–H and O–H groups in total. The molecule has 30 heavy (non-hydrogen) atoms. The second-order valence-corrected chi connectivity index (χ2v) is 9.16. The van der Waals surface area contributed by atoms with Gasteiger partial charge in [0.15, 0.2) is 0 Å². The van der Waals surface area contributed by atoms with Gasteiger partial charge in [-0.15, -0.1) is 11.6 Å². The summed E-state index contributed by atoms with van der Waals surface area (Å²) < 4.78 is 1.88. The zero-order chi connectivity index (χ0) is 21.1. The van der Waals surface area contributed by atoms with Crippen LogP contribution in [-0.2, 0) is 6.54 Å². The first kappa shape index (κ1) is 21.2. The van der Waals surface area contributed by atoms with E-state index in [1.54, 1.807) is 0 Å². The third kappa shape index (κ3) is 4.97. The average molecular weight is 445 g/mol. The predicted octanol–water partition coefficient (Wildman–Crippen LogP) is 4.72. The van der Waals surface area contributed by atoms with Gasteiger partial charge in [-0.2, -0.15) is 0 Å². The van der Waals surface area contributed by atoms with Crippen molar-refractivity contribution in [2.24, 2.45) is 0 Å². The highest BCUT2D eigenvalue weighted by molar-refractivity contribution is 6.30. The summed E-state index contributed by atoms with van der Waals surface area (Å²) >= 11 is 12.3. The van der Waals surface area contributed by atoms with E-state index in [1.807, 2.05) is 60.0 Å². The van der Waals surface area contributed by atoms with Crippen molar-refractivity contribution in [1.29, 1.82) is 0 Å². The molecule has 1 amide bonds. The Morgan fingerprint density at radius 3 is 2.63 bits per heavy atom. The molecule has 5 nitrogen and oxygen atoms in total. The van der Waals surface area contributed by atoms with Gasteiger partial charge in [0.05, 0.1) is 5.69 Å². The quantitative estimate of drug-likeness (QED) is 0.511. The number of carbonyl (C=O) groups excluding carboxylic acids is 1. The minimum absolute atomic E-state index is 0.00345. The van der Waals surface area contributed by atoms with E-state index in [-0.39, 0.29) is 17.2 Å². The lowest BCUT2D eigenvalue weighted by molar-refractivity contribution is 0.0944. The normalized spacial score (nSPS) is 16.2. The van der Waals surface area contributed by atoms with Crippen LogP contribution in [0.4, 0.5) is 0 Å². The van der Waals surface area contributed by atoms with Crippen LogP contribution in [0.15, 0.2) is 48.7 Å². The van der Waals surface area contributed by atoms with E-state index >= 15 is 0 Å². The molecule has 0 bridgehead atoms. The maximum atomic E-state index is 13.0. The number of fused-ring (bicyclic) bond motifs is 1. The first-order valence-corrected chi connectivity index (χ1v) is 11.2. The molecule has 2 atom stereocenters. The highest BCUT2D eigenvalue weighted by Crippen LogP contribution is 2.24. The number of amides is 1. The average Bonchev–Trinajstić information content (AvgIpc) is 3.11. The molecule has 1 aliphatic rings. The van der Waals surface area contributed by atoms with Crippen LogP contribution >= 0.6 is 23.2 Å². The van der Waals surface area contributed by atoms with Gasteiger partial charge in [-0.1, -0.05) is 29.8 Å². The van der Waals surface area contributed by atoms with Crippen molar-refractivity contribution in [3.63, 3.8) is 0 Å². The van der Waals surface area contributed by atoms with Crippen LogP contribution in [0.3, 0.4) is 0 Å². The van der Waals surface area contributed by atoms with Gasteiger partial charge in [0.1, 0.15) is 11.3 Å². The van der Waals surface area contributed by atoms with Crippen molar-refractivity contribution < 1.29 is 4.79 Å². The lowest BCUT2D eigenvalue weighted by Gasteiger charge is -2.29. The largest absolute Gasteiger partial charge is 0.350 e. The van der Waals surface area contributed by atoms with E-state index in [0.29, 0.717) is 17.3 Å². The molecule has 1 aromatic carbocycles. The lowest BCUT2D eigenvalue weighted by Crippen LogP contribution is -2.36. The summed E-state index contributed by atoms with van der Waals surface area (Å²) in [6.45, 7) is 5.54. The molecular formula is C23H26Cl2N4O. The van der Waals surface area contributed by atoms with Gasteiger partial charge in [0.2, 0.25) is 0 Å². The number of rotatable bonds is 8. The smallest absolute Gasteiger partial charge is 0.268 e. The number of likely N-dealkylation sites (tertiary alicyclic amines) is 1. The molecule has 0 aliphatic carbocycles. The number of nitrogens with zero attached hydrogens (tertiary/aromatic N) is 3. The van der Waals surface area contributed by atoms with Crippen molar-refractivity contribution in [3.8, 4) is 0 Å². The van der Waals surface area contributed by atoms with Gasteiger partial charge in [-0.3, -0.25) is 14.1 Å². The third-order valence-corrected chi connectivity index (χ3v) is 6.00. The maximum Gasteiger partial charge on any atom is 0.268 e. The zero-order valence-electron chi connectivity index (χ0n) is 17.0. The van der Waals surface area contributed by atoms with Crippen molar-refractivity contribution >= 4 is 34.8 Å². The van der Waals surface area contributed by atoms with Crippen molar-refractivity contribution in [1.82, 2.24) is 19.6 Å². The number of pyridine rings is 1. The van der Waals surface area contributed by atoms with Crippen LogP contribution in [-0.4, -0.2) is 45.2 Å². The fourth-order valence-corrected chi connectivity index (χ4v) is 4.20. The molecule has 0 saturated carbocycles. The number of carbonyl (C=O) groups is 1.